The molecular formula is C18H26O. The summed E-state index contributed by atoms with van der Waals surface area (Å²) >= 11 is 0. The van der Waals surface area contributed by atoms with Crippen molar-refractivity contribution in [3.8, 4) is 5.75 Å². The first-order valence-corrected chi connectivity index (χ1v) is 7.35. The van der Waals surface area contributed by atoms with Crippen molar-refractivity contribution in [1.29, 1.82) is 0 Å². The second-order valence-electron chi connectivity index (χ2n) is 6.35. The molecule has 19 heavy (non-hydrogen) atoms. The van der Waals surface area contributed by atoms with E-state index >= 15 is 0 Å². The largest absolute Gasteiger partial charge is 0.497 e. The lowest BCUT2D eigenvalue weighted by Gasteiger charge is -2.34. The number of ether oxygens (including phenoxy) is 1. The molecule has 1 heteroatoms. The third kappa shape index (κ3) is 3.40. The minimum absolute atomic E-state index is 0.390. The highest BCUT2D eigenvalue weighted by molar-refractivity contribution is 5.30. The molecule has 0 spiro atoms. The van der Waals surface area contributed by atoms with E-state index in [2.05, 4.69) is 39.0 Å². The van der Waals surface area contributed by atoms with Crippen LogP contribution in [0.15, 0.2) is 35.4 Å². The lowest BCUT2D eigenvalue weighted by Crippen LogP contribution is -2.20. The molecule has 0 radical (unpaired) electrons. The van der Waals surface area contributed by atoms with E-state index in [0.717, 1.165) is 12.2 Å². The van der Waals surface area contributed by atoms with E-state index in [1.165, 1.54) is 31.2 Å². The summed E-state index contributed by atoms with van der Waals surface area (Å²) in [5.74, 6) is 0.964. The van der Waals surface area contributed by atoms with Crippen molar-refractivity contribution in [2.75, 3.05) is 7.11 Å². The minimum atomic E-state index is 0.390. The molecule has 104 valence electrons. The van der Waals surface area contributed by atoms with Gasteiger partial charge in [0, 0.05) is 0 Å². The fraction of sp³-hybridized carbons (Fsp3) is 0.556. The highest BCUT2D eigenvalue weighted by Gasteiger charge is 2.27. The number of aryl methyl sites for hydroxylation is 1. The van der Waals surface area contributed by atoms with Crippen LogP contribution in [0.2, 0.25) is 0 Å². The predicted molar refractivity (Wildman–Crippen MR) is 81.6 cm³/mol. The molecule has 0 aliphatic heterocycles. The zero-order chi connectivity index (χ0) is 13.9. The van der Waals surface area contributed by atoms with Crippen LogP contribution in [0.4, 0.5) is 0 Å². The second-order valence-corrected chi connectivity index (χ2v) is 6.35. The summed E-state index contributed by atoms with van der Waals surface area (Å²) in [4.78, 5) is 0. The topological polar surface area (TPSA) is 9.23 Å². The van der Waals surface area contributed by atoms with E-state index < -0.39 is 0 Å². The molecule has 0 saturated carbocycles. The Balaban J connectivity index is 2.09. The molecule has 0 fully saturated rings. The fourth-order valence-electron chi connectivity index (χ4n) is 3.32. The van der Waals surface area contributed by atoms with Crippen molar-refractivity contribution in [1.82, 2.24) is 0 Å². The Bertz CT molecular complexity index is 468. The summed E-state index contributed by atoms with van der Waals surface area (Å²) < 4.78 is 5.30. The number of allylic oxidation sites excluding steroid dienone is 2. The van der Waals surface area contributed by atoms with Crippen LogP contribution in [-0.2, 0) is 6.42 Å². The standard InChI is InChI=1S/C18H26O/c1-14-7-6-12-18(2,3)17(14)11-10-15-8-5-9-16(13-15)19-4/h5,8-9,13H,6-7,10-12H2,1-4H3. The molecule has 0 heterocycles. The number of rotatable bonds is 4. The lowest BCUT2D eigenvalue weighted by atomic mass is 9.71. The van der Waals surface area contributed by atoms with Crippen molar-refractivity contribution in [3.05, 3.63) is 41.0 Å². The van der Waals surface area contributed by atoms with Crippen LogP contribution in [0.1, 0.15) is 52.0 Å². The molecular weight excluding hydrogens is 232 g/mol. The molecule has 1 nitrogen and oxygen atoms in total. The van der Waals surface area contributed by atoms with Gasteiger partial charge >= 0.3 is 0 Å². The van der Waals surface area contributed by atoms with Gasteiger partial charge in [0.25, 0.3) is 0 Å². The van der Waals surface area contributed by atoms with Crippen molar-refractivity contribution in [2.45, 2.75) is 52.9 Å². The van der Waals surface area contributed by atoms with Crippen LogP contribution in [-0.4, -0.2) is 7.11 Å². The summed E-state index contributed by atoms with van der Waals surface area (Å²) in [6, 6.07) is 8.46. The van der Waals surface area contributed by atoms with Crippen molar-refractivity contribution >= 4 is 0 Å². The van der Waals surface area contributed by atoms with Gasteiger partial charge in [-0.15, -0.1) is 0 Å². The SMILES string of the molecule is COc1cccc(CCC2=C(C)CCCC2(C)C)c1. The molecule has 2 rings (SSSR count). The summed E-state index contributed by atoms with van der Waals surface area (Å²) in [5, 5.41) is 0. The maximum atomic E-state index is 5.30. The van der Waals surface area contributed by atoms with Gasteiger partial charge in [-0.1, -0.05) is 37.1 Å². The third-order valence-corrected chi connectivity index (χ3v) is 4.48. The van der Waals surface area contributed by atoms with Gasteiger partial charge in [-0.3, -0.25) is 0 Å². The van der Waals surface area contributed by atoms with Gasteiger partial charge in [-0.05, 0) is 62.1 Å². The smallest absolute Gasteiger partial charge is 0.119 e. The minimum Gasteiger partial charge on any atom is -0.497 e. The molecule has 0 aromatic heterocycles. The van der Waals surface area contributed by atoms with Crippen LogP contribution in [0.25, 0.3) is 0 Å². The number of benzene rings is 1. The summed E-state index contributed by atoms with van der Waals surface area (Å²) in [6.07, 6.45) is 6.27. The fourth-order valence-corrected chi connectivity index (χ4v) is 3.32. The molecule has 0 N–H and O–H groups in total. The van der Waals surface area contributed by atoms with Crippen molar-refractivity contribution in [2.24, 2.45) is 5.41 Å². The molecule has 0 saturated heterocycles. The summed E-state index contributed by atoms with van der Waals surface area (Å²) in [5.41, 5.74) is 5.07. The maximum Gasteiger partial charge on any atom is 0.119 e. The van der Waals surface area contributed by atoms with Gasteiger partial charge in [0.1, 0.15) is 5.75 Å². The number of methoxy groups -OCH3 is 1. The molecule has 0 bridgehead atoms. The highest BCUT2D eigenvalue weighted by atomic mass is 16.5. The average molecular weight is 258 g/mol. The van der Waals surface area contributed by atoms with Crippen LogP contribution in [0, 0.1) is 5.41 Å². The Morgan fingerprint density at radius 2 is 2.00 bits per heavy atom. The zero-order valence-corrected chi connectivity index (χ0v) is 12.8. The molecule has 1 aliphatic rings. The highest BCUT2D eigenvalue weighted by Crippen LogP contribution is 2.42. The van der Waals surface area contributed by atoms with Crippen LogP contribution < -0.4 is 4.74 Å². The third-order valence-electron chi connectivity index (χ3n) is 4.48. The zero-order valence-electron chi connectivity index (χ0n) is 12.8. The van der Waals surface area contributed by atoms with E-state index in [4.69, 9.17) is 4.74 Å². The maximum absolute atomic E-state index is 5.30. The Morgan fingerprint density at radius 3 is 2.68 bits per heavy atom. The molecule has 0 atom stereocenters. The monoisotopic (exact) mass is 258 g/mol. The van der Waals surface area contributed by atoms with Gasteiger partial charge in [-0.25, -0.2) is 0 Å². The predicted octanol–water partition coefficient (Wildman–Crippen LogP) is 5.15. The van der Waals surface area contributed by atoms with Gasteiger partial charge in [-0.2, -0.15) is 0 Å². The second kappa shape index (κ2) is 5.81. The van der Waals surface area contributed by atoms with Crippen LogP contribution >= 0.6 is 0 Å². The summed E-state index contributed by atoms with van der Waals surface area (Å²) in [7, 11) is 1.73. The Kier molecular flexibility index (Phi) is 4.34. The van der Waals surface area contributed by atoms with Crippen LogP contribution in [0.5, 0.6) is 5.75 Å². The quantitative estimate of drug-likeness (QED) is 0.678. The molecule has 0 unspecified atom stereocenters. The van der Waals surface area contributed by atoms with Crippen molar-refractivity contribution in [3.63, 3.8) is 0 Å². The van der Waals surface area contributed by atoms with Gasteiger partial charge in [0.15, 0.2) is 0 Å². The van der Waals surface area contributed by atoms with Crippen molar-refractivity contribution < 1.29 is 4.74 Å². The number of hydrogen-bond donors (Lipinski definition) is 0. The molecule has 1 aliphatic carbocycles. The first-order chi connectivity index (χ1) is 9.03. The van der Waals surface area contributed by atoms with Crippen LogP contribution in [0.3, 0.4) is 0 Å². The first-order valence-electron chi connectivity index (χ1n) is 7.35. The average Bonchev–Trinajstić information content (AvgIpc) is 2.37. The van der Waals surface area contributed by atoms with E-state index in [0.29, 0.717) is 5.41 Å². The van der Waals surface area contributed by atoms with E-state index in [1.54, 1.807) is 18.3 Å². The Morgan fingerprint density at radius 1 is 1.21 bits per heavy atom. The van der Waals surface area contributed by atoms with Gasteiger partial charge < -0.3 is 4.74 Å². The van der Waals surface area contributed by atoms with E-state index in [1.807, 2.05) is 6.07 Å². The lowest BCUT2D eigenvalue weighted by molar-refractivity contribution is 0.354. The Hall–Kier alpha value is -1.24. The van der Waals surface area contributed by atoms with E-state index in [-0.39, 0.29) is 0 Å². The van der Waals surface area contributed by atoms with E-state index in [9.17, 15) is 0 Å². The first kappa shape index (κ1) is 14.2. The van der Waals surface area contributed by atoms with Gasteiger partial charge in [0.2, 0.25) is 0 Å². The Labute approximate surface area is 117 Å². The summed E-state index contributed by atoms with van der Waals surface area (Å²) in [6.45, 7) is 7.12. The molecule has 1 aromatic carbocycles. The number of hydrogen-bond acceptors (Lipinski definition) is 1. The molecule has 1 aromatic rings. The van der Waals surface area contributed by atoms with Gasteiger partial charge in [0.05, 0.1) is 7.11 Å². The molecule has 0 amide bonds. The normalized spacial score (nSPS) is 18.5.